The van der Waals surface area contributed by atoms with Crippen LogP contribution in [0.15, 0.2) is 17.7 Å². The van der Waals surface area contributed by atoms with Crippen molar-refractivity contribution in [2.45, 2.75) is 13.8 Å². The Morgan fingerprint density at radius 2 is 1.65 bits per heavy atom. The van der Waals surface area contributed by atoms with Gasteiger partial charge in [0.05, 0.1) is 46.0 Å². The molecule has 0 aromatic heterocycles. The molecule has 2 rings (SSSR count). The number of esters is 1. The van der Waals surface area contributed by atoms with Crippen molar-refractivity contribution in [3.63, 3.8) is 0 Å². The standard InChI is InChI=1S/C19H24O7/c1-10-14(16(18(22)26-6)17(21)19(10,2)9-20)15-12(24-4)7-11(23-3)8-13(15)25-5/h7-8,10,20H,9H2,1-6H3/t10-,19+/m0/s1. The number of hydrogen-bond acceptors (Lipinski definition) is 7. The van der Waals surface area contributed by atoms with E-state index >= 15 is 0 Å². The molecule has 0 bridgehead atoms. The van der Waals surface area contributed by atoms with Gasteiger partial charge in [-0.2, -0.15) is 0 Å². The van der Waals surface area contributed by atoms with Crippen LogP contribution in [0.4, 0.5) is 0 Å². The van der Waals surface area contributed by atoms with Crippen molar-refractivity contribution in [1.82, 2.24) is 0 Å². The van der Waals surface area contributed by atoms with Crippen molar-refractivity contribution in [2.75, 3.05) is 35.0 Å². The van der Waals surface area contributed by atoms with Crippen LogP contribution in [-0.4, -0.2) is 51.9 Å². The molecule has 1 aromatic carbocycles. The molecule has 0 radical (unpaired) electrons. The number of aliphatic hydroxyl groups is 1. The number of methoxy groups -OCH3 is 4. The molecule has 7 nitrogen and oxygen atoms in total. The fourth-order valence-electron chi connectivity index (χ4n) is 3.27. The molecule has 1 N–H and O–H groups in total. The number of carbonyl (C=O) groups excluding carboxylic acids is 2. The van der Waals surface area contributed by atoms with Gasteiger partial charge in [0.2, 0.25) is 0 Å². The maximum absolute atomic E-state index is 13.0. The number of allylic oxidation sites excluding steroid dienone is 1. The topological polar surface area (TPSA) is 91.3 Å². The molecule has 0 saturated carbocycles. The molecule has 0 aliphatic heterocycles. The molecule has 26 heavy (non-hydrogen) atoms. The van der Waals surface area contributed by atoms with Crippen LogP contribution in [0.2, 0.25) is 0 Å². The van der Waals surface area contributed by atoms with Gasteiger partial charge in [0.1, 0.15) is 22.8 Å². The second kappa shape index (κ2) is 7.37. The third kappa shape index (κ3) is 2.82. The van der Waals surface area contributed by atoms with Gasteiger partial charge in [-0.1, -0.05) is 6.92 Å². The monoisotopic (exact) mass is 364 g/mol. The molecule has 1 aliphatic rings. The summed E-state index contributed by atoms with van der Waals surface area (Å²) in [6.07, 6.45) is 0. The van der Waals surface area contributed by atoms with Crippen molar-refractivity contribution in [3.05, 3.63) is 23.3 Å². The molecule has 0 spiro atoms. The maximum atomic E-state index is 13.0. The van der Waals surface area contributed by atoms with Gasteiger partial charge < -0.3 is 24.1 Å². The summed E-state index contributed by atoms with van der Waals surface area (Å²) in [4.78, 5) is 25.3. The summed E-state index contributed by atoms with van der Waals surface area (Å²) in [7, 11) is 5.67. The van der Waals surface area contributed by atoms with Crippen molar-refractivity contribution >= 4 is 17.3 Å². The lowest BCUT2D eigenvalue weighted by Crippen LogP contribution is -2.34. The van der Waals surface area contributed by atoms with Crippen LogP contribution in [0.3, 0.4) is 0 Å². The van der Waals surface area contributed by atoms with E-state index in [9.17, 15) is 14.7 Å². The highest BCUT2D eigenvalue weighted by molar-refractivity contribution is 6.28. The lowest BCUT2D eigenvalue weighted by Gasteiger charge is -2.27. The van der Waals surface area contributed by atoms with Crippen molar-refractivity contribution in [1.29, 1.82) is 0 Å². The first-order valence-corrected chi connectivity index (χ1v) is 8.09. The summed E-state index contributed by atoms with van der Waals surface area (Å²) in [5.41, 5.74) is -0.350. The number of ketones is 1. The lowest BCUT2D eigenvalue weighted by molar-refractivity contribution is -0.139. The molecule has 1 aliphatic carbocycles. The van der Waals surface area contributed by atoms with Crippen LogP contribution < -0.4 is 14.2 Å². The summed E-state index contributed by atoms with van der Waals surface area (Å²) >= 11 is 0. The number of hydrogen-bond donors (Lipinski definition) is 1. The van der Waals surface area contributed by atoms with Crippen LogP contribution >= 0.6 is 0 Å². The summed E-state index contributed by atoms with van der Waals surface area (Å²) in [6, 6.07) is 3.29. The molecule has 1 aromatic rings. The Hall–Kier alpha value is -2.54. The van der Waals surface area contributed by atoms with Gasteiger partial charge in [-0.3, -0.25) is 4.79 Å². The molecule has 0 unspecified atom stereocenters. The van der Waals surface area contributed by atoms with E-state index in [2.05, 4.69) is 0 Å². The van der Waals surface area contributed by atoms with E-state index in [-0.39, 0.29) is 5.57 Å². The van der Waals surface area contributed by atoms with Crippen LogP contribution in [0, 0.1) is 11.3 Å². The molecule has 0 amide bonds. The Morgan fingerprint density at radius 1 is 1.12 bits per heavy atom. The minimum Gasteiger partial charge on any atom is -0.496 e. The molecule has 142 valence electrons. The highest BCUT2D eigenvalue weighted by atomic mass is 16.5. The van der Waals surface area contributed by atoms with E-state index < -0.39 is 29.7 Å². The predicted octanol–water partition coefficient (Wildman–Crippen LogP) is 1.86. The maximum Gasteiger partial charge on any atom is 0.341 e. The Balaban J connectivity index is 2.88. The highest BCUT2D eigenvalue weighted by Gasteiger charge is 2.52. The number of benzene rings is 1. The van der Waals surface area contributed by atoms with Crippen LogP contribution in [0.5, 0.6) is 17.2 Å². The summed E-state index contributed by atoms with van der Waals surface area (Å²) < 4.78 is 21.0. The SMILES string of the molecule is COC(=O)C1=C(c2c(OC)cc(OC)cc2OC)[C@H](C)[C@@](C)(CO)C1=O. The van der Waals surface area contributed by atoms with E-state index in [0.29, 0.717) is 28.4 Å². The van der Waals surface area contributed by atoms with E-state index in [4.69, 9.17) is 18.9 Å². The number of Topliss-reactive ketones (excluding diaryl/α,β-unsaturated/α-hetero) is 1. The van der Waals surface area contributed by atoms with Crippen molar-refractivity contribution in [2.24, 2.45) is 11.3 Å². The zero-order valence-corrected chi connectivity index (χ0v) is 15.8. The first kappa shape index (κ1) is 19.8. The average Bonchev–Trinajstić information content (AvgIpc) is 2.87. The first-order chi connectivity index (χ1) is 12.3. The molecule has 7 heteroatoms. The van der Waals surface area contributed by atoms with E-state index in [0.717, 1.165) is 0 Å². The van der Waals surface area contributed by atoms with Gasteiger partial charge in [0, 0.05) is 12.1 Å². The lowest BCUT2D eigenvalue weighted by atomic mass is 9.76. The average molecular weight is 364 g/mol. The summed E-state index contributed by atoms with van der Waals surface area (Å²) in [5, 5.41) is 9.86. The van der Waals surface area contributed by atoms with Gasteiger partial charge >= 0.3 is 5.97 Å². The third-order valence-electron chi connectivity index (χ3n) is 5.11. The Bertz CT molecular complexity index is 740. The second-order valence-corrected chi connectivity index (χ2v) is 6.31. The molecule has 0 heterocycles. The van der Waals surface area contributed by atoms with Crippen LogP contribution in [0.1, 0.15) is 19.4 Å². The number of aliphatic hydroxyl groups excluding tert-OH is 1. The van der Waals surface area contributed by atoms with Crippen molar-refractivity contribution < 1.29 is 33.6 Å². The summed E-state index contributed by atoms with van der Waals surface area (Å²) in [6.45, 7) is 3.00. The van der Waals surface area contributed by atoms with Crippen LogP contribution in [0.25, 0.3) is 5.57 Å². The normalized spacial score (nSPS) is 22.4. The van der Waals surface area contributed by atoms with Gasteiger partial charge in [-0.05, 0) is 18.4 Å². The predicted molar refractivity (Wildman–Crippen MR) is 94.4 cm³/mol. The fraction of sp³-hybridized carbons (Fsp3) is 0.474. The molecular formula is C19H24O7. The molecule has 0 fully saturated rings. The number of rotatable bonds is 6. The minimum absolute atomic E-state index is 0.0988. The van der Waals surface area contributed by atoms with Gasteiger partial charge in [0.25, 0.3) is 0 Å². The minimum atomic E-state index is -1.14. The van der Waals surface area contributed by atoms with Gasteiger partial charge in [-0.25, -0.2) is 4.79 Å². The Morgan fingerprint density at radius 3 is 2.04 bits per heavy atom. The Labute approximate surface area is 152 Å². The molecular weight excluding hydrogens is 340 g/mol. The first-order valence-electron chi connectivity index (χ1n) is 8.09. The van der Waals surface area contributed by atoms with Crippen molar-refractivity contribution in [3.8, 4) is 17.2 Å². The largest absolute Gasteiger partial charge is 0.496 e. The van der Waals surface area contributed by atoms with Gasteiger partial charge in [-0.15, -0.1) is 0 Å². The quantitative estimate of drug-likeness (QED) is 0.608. The Kier molecular flexibility index (Phi) is 5.61. The number of ether oxygens (including phenoxy) is 4. The summed E-state index contributed by atoms with van der Waals surface area (Å²) in [5.74, 6) is -0.406. The van der Waals surface area contributed by atoms with E-state index in [1.54, 1.807) is 26.0 Å². The van der Waals surface area contributed by atoms with Crippen LogP contribution in [-0.2, 0) is 14.3 Å². The zero-order valence-electron chi connectivity index (χ0n) is 15.8. The van der Waals surface area contributed by atoms with Gasteiger partial charge in [0.15, 0.2) is 5.78 Å². The molecule has 2 atom stereocenters. The fourth-order valence-corrected chi connectivity index (χ4v) is 3.27. The molecule has 0 saturated heterocycles. The smallest absolute Gasteiger partial charge is 0.341 e. The zero-order chi connectivity index (χ0) is 19.6. The second-order valence-electron chi connectivity index (χ2n) is 6.31. The number of carbonyl (C=O) groups is 2. The third-order valence-corrected chi connectivity index (χ3v) is 5.11. The van der Waals surface area contributed by atoms with E-state index in [1.807, 2.05) is 0 Å². The highest BCUT2D eigenvalue weighted by Crippen LogP contribution is 2.53. The van der Waals surface area contributed by atoms with E-state index in [1.165, 1.54) is 28.4 Å².